The molecule has 0 aliphatic carbocycles. The Bertz CT molecular complexity index is 842. The number of nitrogens with one attached hydrogen (secondary N) is 1. The smallest absolute Gasteiger partial charge is 0.243 e. The molecule has 2 heterocycles. The van der Waals surface area contributed by atoms with Crippen LogP contribution in [0, 0.1) is 20.8 Å². The molecular formula is C18H24N4O2S. The lowest BCUT2D eigenvalue weighted by molar-refractivity contribution is 0.329. The first kappa shape index (κ1) is 17.8. The molecule has 1 aliphatic rings. The van der Waals surface area contributed by atoms with Gasteiger partial charge in [0, 0.05) is 31.0 Å². The van der Waals surface area contributed by atoms with E-state index in [1.165, 1.54) is 0 Å². The van der Waals surface area contributed by atoms with Crippen LogP contribution in [0.1, 0.15) is 29.7 Å². The molecular weight excluding hydrogens is 336 g/mol. The second-order valence-electron chi connectivity index (χ2n) is 6.60. The summed E-state index contributed by atoms with van der Waals surface area (Å²) in [5, 5.41) is 3.32. The fourth-order valence-electron chi connectivity index (χ4n) is 2.88. The minimum atomic E-state index is -3.41. The van der Waals surface area contributed by atoms with Crippen molar-refractivity contribution in [2.24, 2.45) is 0 Å². The van der Waals surface area contributed by atoms with Gasteiger partial charge >= 0.3 is 0 Å². The number of piperidine rings is 1. The number of aromatic nitrogens is 2. The molecule has 6 nitrogen and oxygen atoms in total. The monoisotopic (exact) mass is 360 g/mol. The summed E-state index contributed by atoms with van der Waals surface area (Å²) < 4.78 is 27.0. The quantitative estimate of drug-likeness (QED) is 0.907. The molecule has 0 spiro atoms. The molecule has 0 radical (unpaired) electrons. The van der Waals surface area contributed by atoms with Crippen molar-refractivity contribution in [2.75, 3.05) is 18.4 Å². The summed E-state index contributed by atoms with van der Waals surface area (Å²) in [5.41, 5.74) is 3.07. The predicted molar refractivity (Wildman–Crippen MR) is 98.1 cm³/mol. The van der Waals surface area contributed by atoms with E-state index >= 15 is 0 Å². The zero-order chi connectivity index (χ0) is 18.0. The Morgan fingerprint density at radius 1 is 1.08 bits per heavy atom. The molecule has 1 aliphatic heterocycles. The molecule has 7 heteroatoms. The van der Waals surface area contributed by atoms with E-state index in [0.717, 1.165) is 29.7 Å². The van der Waals surface area contributed by atoms with Gasteiger partial charge in [-0.15, -0.1) is 0 Å². The second kappa shape index (κ2) is 7.09. The third-order valence-electron chi connectivity index (χ3n) is 4.67. The normalized spacial score (nSPS) is 16.8. The van der Waals surface area contributed by atoms with E-state index in [2.05, 4.69) is 15.3 Å². The Balaban J connectivity index is 1.63. The summed E-state index contributed by atoms with van der Waals surface area (Å²) in [6, 6.07) is 7.21. The van der Waals surface area contributed by atoms with Crippen molar-refractivity contribution in [2.45, 2.75) is 44.6 Å². The number of sulfonamides is 1. The number of hydrogen-bond acceptors (Lipinski definition) is 5. The summed E-state index contributed by atoms with van der Waals surface area (Å²) in [4.78, 5) is 9.10. The van der Waals surface area contributed by atoms with Gasteiger partial charge in [-0.25, -0.2) is 18.4 Å². The van der Waals surface area contributed by atoms with Crippen LogP contribution in [-0.2, 0) is 10.0 Å². The predicted octanol–water partition coefficient (Wildman–Crippen LogP) is 2.67. The summed E-state index contributed by atoms with van der Waals surface area (Å²) in [7, 11) is -3.41. The SMILES string of the molecule is Cc1ccc(S(=O)(=O)N2CCC(Nc3ncc(C)c(C)n3)CC2)cc1. The number of benzene rings is 1. The number of hydrogen-bond donors (Lipinski definition) is 1. The molecule has 0 amide bonds. The van der Waals surface area contributed by atoms with Gasteiger partial charge in [0.1, 0.15) is 0 Å². The highest BCUT2D eigenvalue weighted by atomic mass is 32.2. The van der Waals surface area contributed by atoms with Crippen LogP contribution in [0.4, 0.5) is 5.95 Å². The zero-order valence-corrected chi connectivity index (χ0v) is 15.7. The summed E-state index contributed by atoms with van der Waals surface area (Å²) >= 11 is 0. The topological polar surface area (TPSA) is 75.2 Å². The second-order valence-corrected chi connectivity index (χ2v) is 8.54. The Morgan fingerprint density at radius 3 is 2.32 bits per heavy atom. The maximum atomic E-state index is 12.7. The first-order valence-corrected chi connectivity index (χ1v) is 9.94. The highest BCUT2D eigenvalue weighted by Gasteiger charge is 2.29. The minimum absolute atomic E-state index is 0.187. The highest BCUT2D eigenvalue weighted by molar-refractivity contribution is 7.89. The number of anilines is 1. The largest absolute Gasteiger partial charge is 0.351 e. The van der Waals surface area contributed by atoms with Crippen molar-refractivity contribution >= 4 is 16.0 Å². The molecule has 0 unspecified atom stereocenters. The van der Waals surface area contributed by atoms with Gasteiger partial charge in [-0.3, -0.25) is 0 Å². The van der Waals surface area contributed by atoms with Crippen molar-refractivity contribution in [3.8, 4) is 0 Å². The van der Waals surface area contributed by atoms with Crippen molar-refractivity contribution in [3.63, 3.8) is 0 Å². The molecule has 1 saturated heterocycles. The minimum Gasteiger partial charge on any atom is -0.351 e. The molecule has 2 aromatic rings. The Morgan fingerprint density at radius 2 is 1.72 bits per heavy atom. The first-order chi connectivity index (χ1) is 11.9. The summed E-state index contributed by atoms with van der Waals surface area (Å²) in [6.45, 7) is 6.88. The van der Waals surface area contributed by atoms with E-state index in [4.69, 9.17) is 0 Å². The fraction of sp³-hybridized carbons (Fsp3) is 0.444. The molecule has 25 heavy (non-hydrogen) atoms. The molecule has 1 aromatic heterocycles. The standard InChI is InChI=1S/C18H24N4O2S/c1-13-4-6-17(7-5-13)25(23,24)22-10-8-16(9-11-22)21-18-19-12-14(2)15(3)20-18/h4-7,12,16H,8-11H2,1-3H3,(H,19,20,21). The van der Waals surface area contributed by atoms with Crippen molar-refractivity contribution in [3.05, 3.63) is 47.3 Å². The maximum absolute atomic E-state index is 12.7. The summed E-state index contributed by atoms with van der Waals surface area (Å²) in [6.07, 6.45) is 3.28. The molecule has 0 atom stereocenters. The van der Waals surface area contributed by atoms with Crippen molar-refractivity contribution in [1.82, 2.24) is 14.3 Å². The van der Waals surface area contributed by atoms with Gasteiger partial charge in [0.15, 0.2) is 0 Å². The lowest BCUT2D eigenvalue weighted by Gasteiger charge is -2.31. The van der Waals surface area contributed by atoms with E-state index in [-0.39, 0.29) is 6.04 Å². The third-order valence-corrected chi connectivity index (χ3v) is 6.58. The van der Waals surface area contributed by atoms with Crippen LogP contribution in [0.2, 0.25) is 0 Å². The van der Waals surface area contributed by atoms with Gasteiger partial charge in [-0.1, -0.05) is 17.7 Å². The van der Waals surface area contributed by atoms with Gasteiger partial charge < -0.3 is 5.32 Å². The molecule has 3 rings (SSSR count). The van der Waals surface area contributed by atoms with E-state index in [1.807, 2.05) is 39.1 Å². The third kappa shape index (κ3) is 3.99. The molecule has 1 fully saturated rings. The molecule has 0 saturated carbocycles. The molecule has 134 valence electrons. The van der Waals surface area contributed by atoms with Crippen LogP contribution in [0.15, 0.2) is 35.4 Å². The lowest BCUT2D eigenvalue weighted by Crippen LogP contribution is -2.42. The van der Waals surface area contributed by atoms with Crippen molar-refractivity contribution < 1.29 is 8.42 Å². The summed E-state index contributed by atoms with van der Waals surface area (Å²) in [5.74, 6) is 0.614. The maximum Gasteiger partial charge on any atom is 0.243 e. The number of aryl methyl sites for hydroxylation is 3. The highest BCUT2D eigenvalue weighted by Crippen LogP contribution is 2.22. The molecule has 1 N–H and O–H groups in total. The van der Waals surface area contributed by atoms with Crippen LogP contribution in [0.5, 0.6) is 0 Å². The average Bonchev–Trinajstić information content (AvgIpc) is 2.59. The number of nitrogens with zero attached hydrogens (tertiary/aromatic N) is 3. The average molecular weight is 360 g/mol. The van der Waals surface area contributed by atoms with E-state index in [9.17, 15) is 8.42 Å². The van der Waals surface area contributed by atoms with Crippen LogP contribution >= 0.6 is 0 Å². The van der Waals surface area contributed by atoms with E-state index < -0.39 is 10.0 Å². The van der Waals surface area contributed by atoms with E-state index in [0.29, 0.717) is 23.9 Å². The Labute approximate surface area is 149 Å². The Hall–Kier alpha value is -1.99. The molecule has 1 aromatic carbocycles. The van der Waals surface area contributed by atoms with Gasteiger partial charge in [-0.05, 0) is 51.3 Å². The lowest BCUT2D eigenvalue weighted by atomic mass is 10.1. The van der Waals surface area contributed by atoms with Crippen LogP contribution in [-0.4, -0.2) is 41.8 Å². The van der Waals surface area contributed by atoms with Gasteiger partial charge in [0.25, 0.3) is 0 Å². The Kier molecular flexibility index (Phi) is 5.06. The number of rotatable bonds is 4. The van der Waals surface area contributed by atoms with Crippen LogP contribution in [0.3, 0.4) is 0 Å². The van der Waals surface area contributed by atoms with Gasteiger partial charge in [0.2, 0.25) is 16.0 Å². The van der Waals surface area contributed by atoms with Crippen LogP contribution < -0.4 is 5.32 Å². The van der Waals surface area contributed by atoms with Gasteiger partial charge in [0.05, 0.1) is 4.90 Å². The fourth-order valence-corrected chi connectivity index (χ4v) is 4.35. The van der Waals surface area contributed by atoms with E-state index in [1.54, 1.807) is 16.4 Å². The molecule has 0 bridgehead atoms. The first-order valence-electron chi connectivity index (χ1n) is 8.50. The van der Waals surface area contributed by atoms with Gasteiger partial charge in [-0.2, -0.15) is 4.31 Å². The van der Waals surface area contributed by atoms with Crippen LogP contribution in [0.25, 0.3) is 0 Å². The van der Waals surface area contributed by atoms with Crippen molar-refractivity contribution in [1.29, 1.82) is 0 Å². The zero-order valence-electron chi connectivity index (χ0n) is 14.9.